The zero-order chi connectivity index (χ0) is 17.5. The molecule has 1 heterocycles. The predicted molar refractivity (Wildman–Crippen MR) is 93.5 cm³/mol. The van der Waals surface area contributed by atoms with Gasteiger partial charge in [-0.1, -0.05) is 17.7 Å². The number of hydrogen-bond donors (Lipinski definition) is 1. The summed E-state index contributed by atoms with van der Waals surface area (Å²) in [7, 11) is 0. The maximum Gasteiger partial charge on any atom is 0.344 e. The van der Waals surface area contributed by atoms with E-state index >= 15 is 0 Å². The van der Waals surface area contributed by atoms with Crippen molar-refractivity contribution in [2.75, 3.05) is 13.2 Å². The number of esters is 1. The van der Waals surface area contributed by atoms with Crippen LogP contribution in [0.4, 0.5) is 0 Å². The van der Waals surface area contributed by atoms with Gasteiger partial charge in [-0.05, 0) is 49.1 Å². The number of benzene rings is 1. The number of ether oxygens (including phenoxy) is 2. The molecule has 24 heavy (non-hydrogen) atoms. The Morgan fingerprint density at radius 2 is 2.08 bits per heavy atom. The number of carbonyl (C=O) groups is 2. The summed E-state index contributed by atoms with van der Waals surface area (Å²) in [4.78, 5) is 24.5. The third-order valence-corrected chi connectivity index (χ3v) is 4.48. The Labute approximate surface area is 149 Å². The summed E-state index contributed by atoms with van der Waals surface area (Å²) in [6.45, 7) is 3.09. The van der Waals surface area contributed by atoms with Gasteiger partial charge in [0.1, 0.15) is 5.75 Å². The van der Waals surface area contributed by atoms with E-state index in [0.29, 0.717) is 10.8 Å². The summed E-state index contributed by atoms with van der Waals surface area (Å²) in [5.41, 5.74) is 0.817. The first-order chi connectivity index (χ1) is 11.5. The second kappa shape index (κ2) is 8.70. The molecule has 128 valence electrons. The molecule has 0 aliphatic carbocycles. The van der Waals surface area contributed by atoms with Crippen LogP contribution in [0.5, 0.6) is 5.75 Å². The highest BCUT2D eigenvalue weighted by atomic mass is 35.5. The van der Waals surface area contributed by atoms with Gasteiger partial charge in [0.15, 0.2) is 13.2 Å². The fourth-order valence-electron chi connectivity index (χ4n) is 1.99. The van der Waals surface area contributed by atoms with Gasteiger partial charge in [-0.2, -0.15) is 0 Å². The maximum absolute atomic E-state index is 11.8. The van der Waals surface area contributed by atoms with Crippen molar-refractivity contribution in [1.82, 2.24) is 5.32 Å². The quantitative estimate of drug-likeness (QED) is 0.760. The van der Waals surface area contributed by atoms with E-state index in [4.69, 9.17) is 21.1 Å². The van der Waals surface area contributed by atoms with Gasteiger partial charge in [-0.25, -0.2) is 4.79 Å². The second-order valence-electron chi connectivity index (χ2n) is 5.16. The minimum Gasteiger partial charge on any atom is -0.482 e. The molecule has 0 bridgehead atoms. The van der Waals surface area contributed by atoms with Gasteiger partial charge in [0.25, 0.3) is 5.91 Å². The smallest absolute Gasteiger partial charge is 0.344 e. The molecule has 7 heteroatoms. The molecule has 5 nitrogen and oxygen atoms in total. The Balaban J connectivity index is 1.71. The fraction of sp³-hybridized carbons (Fsp3) is 0.294. The Kier molecular flexibility index (Phi) is 6.63. The van der Waals surface area contributed by atoms with E-state index in [1.165, 1.54) is 0 Å². The summed E-state index contributed by atoms with van der Waals surface area (Å²) in [6, 6.07) is 8.82. The van der Waals surface area contributed by atoms with Gasteiger partial charge < -0.3 is 14.8 Å². The molecule has 0 fully saturated rings. The zero-order valence-electron chi connectivity index (χ0n) is 13.4. The van der Waals surface area contributed by atoms with Crippen LogP contribution in [0.25, 0.3) is 0 Å². The van der Waals surface area contributed by atoms with Crippen molar-refractivity contribution in [3.05, 3.63) is 51.2 Å². The van der Waals surface area contributed by atoms with Crippen LogP contribution in [0.15, 0.2) is 35.7 Å². The van der Waals surface area contributed by atoms with Crippen molar-refractivity contribution in [2.24, 2.45) is 0 Å². The first-order valence-corrected chi connectivity index (χ1v) is 8.59. The van der Waals surface area contributed by atoms with Crippen LogP contribution in [-0.2, 0) is 14.3 Å². The van der Waals surface area contributed by atoms with Gasteiger partial charge in [0, 0.05) is 9.90 Å². The lowest BCUT2D eigenvalue weighted by molar-refractivity contribution is -0.150. The third kappa shape index (κ3) is 5.54. The number of hydrogen-bond acceptors (Lipinski definition) is 5. The van der Waals surface area contributed by atoms with Crippen LogP contribution in [0, 0.1) is 6.92 Å². The molecule has 0 saturated carbocycles. The molecule has 0 radical (unpaired) electrons. The lowest BCUT2D eigenvalue weighted by Gasteiger charge is -2.13. The van der Waals surface area contributed by atoms with Crippen molar-refractivity contribution in [3.63, 3.8) is 0 Å². The van der Waals surface area contributed by atoms with Crippen LogP contribution in [0.2, 0.25) is 5.02 Å². The van der Waals surface area contributed by atoms with Gasteiger partial charge in [0.05, 0.1) is 6.04 Å². The second-order valence-corrected chi connectivity index (χ2v) is 6.58. The molecular formula is C17H18ClNO4S. The molecule has 1 N–H and O–H groups in total. The number of rotatable bonds is 7. The predicted octanol–water partition coefficient (Wildman–Crippen LogP) is 3.51. The molecular weight excluding hydrogens is 350 g/mol. The molecule has 0 aliphatic heterocycles. The van der Waals surface area contributed by atoms with Crippen molar-refractivity contribution in [3.8, 4) is 5.75 Å². The van der Waals surface area contributed by atoms with Gasteiger partial charge in [-0.3, -0.25) is 4.79 Å². The molecule has 2 rings (SSSR count). The number of nitrogens with one attached hydrogen (secondary N) is 1. The van der Waals surface area contributed by atoms with Crippen LogP contribution >= 0.6 is 22.9 Å². The van der Waals surface area contributed by atoms with Crippen LogP contribution < -0.4 is 10.1 Å². The number of aryl methyl sites for hydroxylation is 1. The first kappa shape index (κ1) is 18.3. The zero-order valence-corrected chi connectivity index (χ0v) is 14.9. The van der Waals surface area contributed by atoms with E-state index in [2.05, 4.69) is 5.32 Å². The summed E-state index contributed by atoms with van der Waals surface area (Å²) >= 11 is 7.41. The standard InChI is InChI=1S/C17H18ClNO4S/c1-11-8-13(18)5-6-14(11)22-10-17(21)23-9-16(20)19-12(2)15-4-3-7-24-15/h3-8,12H,9-10H2,1-2H3,(H,19,20)/t12-/m1/s1. The minimum atomic E-state index is -0.608. The fourth-order valence-corrected chi connectivity index (χ4v) is 2.95. The molecule has 0 spiro atoms. The Morgan fingerprint density at radius 3 is 2.75 bits per heavy atom. The SMILES string of the molecule is Cc1cc(Cl)ccc1OCC(=O)OCC(=O)N[C@H](C)c1cccs1. The van der Waals surface area contributed by atoms with Crippen LogP contribution in [0.1, 0.15) is 23.4 Å². The minimum absolute atomic E-state index is 0.121. The maximum atomic E-state index is 11.8. The van der Waals surface area contributed by atoms with Crippen molar-refractivity contribution in [1.29, 1.82) is 0 Å². The largest absolute Gasteiger partial charge is 0.482 e. The lowest BCUT2D eigenvalue weighted by atomic mass is 10.2. The molecule has 0 saturated heterocycles. The number of carbonyl (C=O) groups excluding carboxylic acids is 2. The van der Waals surface area contributed by atoms with Crippen molar-refractivity contribution in [2.45, 2.75) is 19.9 Å². The molecule has 1 atom stereocenters. The van der Waals surface area contributed by atoms with Gasteiger partial charge in [-0.15, -0.1) is 11.3 Å². The molecule has 0 aliphatic rings. The van der Waals surface area contributed by atoms with E-state index in [-0.39, 0.29) is 25.2 Å². The van der Waals surface area contributed by atoms with E-state index in [1.54, 1.807) is 29.5 Å². The first-order valence-electron chi connectivity index (χ1n) is 7.33. The highest BCUT2D eigenvalue weighted by molar-refractivity contribution is 7.10. The van der Waals surface area contributed by atoms with Crippen LogP contribution in [-0.4, -0.2) is 25.1 Å². The monoisotopic (exact) mass is 367 g/mol. The summed E-state index contributed by atoms with van der Waals surface area (Å²) in [5.74, 6) is -0.415. The van der Waals surface area contributed by atoms with E-state index in [1.807, 2.05) is 31.4 Å². The van der Waals surface area contributed by atoms with Crippen molar-refractivity contribution < 1.29 is 19.1 Å². The summed E-state index contributed by atoms with van der Waals surface area (Å²) in [5, 5.41) is 5.30. The highest BCUT2D eigenvalue weighted by Crippen LogP contribution is 2.21. The average Bonchev–Trinajstić information content (AvgIpc) is 3.06. The molecule has 2 aromatic rings. The number of halogens is 1. The Hall–Kier alpha value is -2.05. The van der Waals surface area contributed by atoms with E-state index < -0.39 is 5.97 Å². The lowest BCUT2D eigenvalue weighted by Crippen LogP contribution is -2.31. The Morgan fingerprint density at radius 1 is 1.29 bits per heavy atom. The highest BCUT2D eigenvalue weighted by Gasteiger charge is 2.13. The molecule has 0 unspecified atom stereocenters. The summed E-state index contributed by atoms with van der Waals surface area (Å²) < 4.78 is 10.3. The number of amides is 1. The van der Waals surface area contributed by atoms with E-state index in [0.717, 1.165) is 10.4 Å². The third-order valence-electron chi connectivity index (χ3n) is 3.19. The van der Waals surface area contributed by atoms with Crippen molar-refractivity contribution >= 4 is 34.8 Å². The summed E-state index contributed by atoms with van der Waals surface area (Å²) in [6.07, 6.45) is 0. The number of thiophene rings is 1. The normalized spacial score (nSPS) is 11.6. The molecule has 1 amide bonds. The van der Waals surface area contributed by atoms with Crippen LogP contribution in [0.3, 0.4) is 0 Å². The molecule has 1 aromatic heterocycles. The van der Waals surface area contributed by atoms with Gasteiger partial charge in [0.2, 0.25) is 0 Å². The van der Waals surface area contributed by atoms with E-state index in [9.17, 15) is 9.59 Å². The van der Waals surface area contributed by atoms with Gasteiger partial charge >= 0.3 is 5.97 Å². The molecule has 1 aromatic carbocycles. The Bertz CT molecular complexity index is 703. The average molecular weight is 368 g/mol. The topological polar surface area (TPSA) is 64.6 Å².